The quantitative estimate of drug-likeness (QED) is 0.755. The van der Waals surface area contributed by atoms with Gasteiger partial charge in [-0.15, -0.1) is 0 Å². The SMILES string of the molecule is NC(=O)NC(=O)CCOc1cccc2c1NCCC2. The highest BCUT2D eigenvalue weighted by Crippen LogP contribution is 2.31. The molecule has 19 heavy (non-hydrogen) atoms. The number of hydrogen-bond acceptors (Lipinski definition) is 4. The number of urea groups is 1. The van der Waals surface area contributed by atoms with Gasteiger partial charge in [0.05, 0.1) is 18.7 Å². The van der Waals surface area contributed by atoms with Gasteiger partial charge in [0.2, 0.25) is 5.91 Å². The molecule has 2 rings (SSSR count). The van der Waals surface area contributed by atoms with Crippen molar-refractivity contribution in [2.45, 2.75) is 19.3 Å². The molecular formula is C13H17N3O3. The molecule has 3 amide bonds. The van der Waals surface area contributed by atoms with E-state index in [1.807, 2.05) is 17.4 Å². The number of hydrogen-bond donors (Lipinski definition) is 3. The van der Waals surface area contributed by atoms with Gasteiger partial charge in [0.25, 0.3) is 0 Å². The molecule has 1 aromatic rings. The summed E-state index contributed by atoms with van der Waals surface area (Å²) in [6, 6.07) is 5.02. The Morgan fingerprint density at radius 1 is 1.42 bits per heavy atom. The lowest BCUT2D eigenvalue weighted by Gasteiger charge is -2.21. The number of ether oxygens (including phenoxy) is 1. The third-order valence-electron chi connectivity index (χ3n) is 2.89. The molecule has 0 saturated carbocycles. The number of benzene rings is 1. The van der Waals surface area contributed by atoms with E-state index in [-0.39, 0.29) is 13.0 Å². The fourth-order valence-corrected chi connectivity index (χ4v) is 2.05. The Labute approximate surface area is 111 Å². The third kappa shape index (κ3) is 3.61. The van der Waals surface area contributed by atoms with Crippen LogP contribution in [0.4, 0.5) is 10.5 Å². The van der Waals surface area contributed by atoms with Gasteiger partial charge in [-0.05, 0) is 24.5 Å². The second-order valence-electron chi connectivity index (χ2n) is 4.33. The Hall–Kier alpha value is -2.24. The molecule has 6 heteroatoms. The van der Waals surface area contributed by atoms with Gasteiger partial charge in [0.15, 0.2) is 0 Å². The van der Waals surface area contributed by atoms with E-state index in [4.69, 9.17) is 10.5 Å². The number of rotatable bonds is 4. The number of nitrogens with one attached hydrogen (secondary N) is 2. The highest BCUT2D eigenvalue weighted by Gasteiger charge is 2.13. The van der Waals surface area contributed by atoms with E-state index < -0.39 is 11.9 Å². The number of carbonyl (C=O) groups excluding carboxylic acids is 2. The molecule has 0 aliphatic carbocycles. The van der Waals surface area contributed by atoms with Crippen LogP contribution in [0.15, 0.2) is 18.2 Å². The van der Waals surface area contributed by atoms with Crippen LogP contribution in [0.25, 0.3) is 0 Å². The highest BCUT2D eigenvalue weighted by atomic mass is 16.5. The first-order chi connectivity index (χ1) is 9.16. The van der Waals surface area contributed by atoms with Gasteiger partial charge in [-0.1, -0.05) is 12.1 Å². The first kappa shape index (κ1) is 13.2. The minimum Gasteiger partial charge on any atom is -0.491 e. The molecule has 1 aliphatic rings. The van der Waals surface area contributed by atoms with Crippen LogP contribution < -0.4 is 21.1 Å². The molecule has 0 fully saturated rings. The molecule has 102 valence electrons. The number of anilines is 1. The molecule has 0 radical (unpaired) electrons. The minimum atomic E-state index is -0.844. The molecule has 0 bridgehead atoms. The average molecular weight is 263 g/mol. The maximum absolute atomic E-state index is 11.2. The Balaban J connectivity index is 1.89. The van der Waals surface area contributed by atoms with Gasteiger partial charge in [-0.25, -0.2) is 4.79 Å². The first-order valence-corrected chi connectivity index (χ1v) is 6.24. The van der Waals surface area contributed by atoms with Crippen molar-refractivity contribution in [1.29, 1.82) is 0 Å². The number of para-hydroxylation sites is 1. The number of aryl methyl sites for hydroxylation is 1. The molecule has 0 aromatic heterocycles. The summed E-state index contributed by atoms with van der Waals surface area (Å²) in [6.07, 6.45) is 2.23. The summed E-state index contributed by atoms with van der Waals surface area (Å²) >= 11 is 0. The van der Waals surface area contributed by atoms with Crippen LogP contribution in [0.3, 0.4) is 0 Å². The van der Waals surface area contributed by atoms with Gasteiger partial charge < -0.3 is 15.8 Å². The fraction of sp³-hybridized carbons (Fsp3) is 0.385. The maximum atomic E-state index is 11.2. The molecule has 0 atom stereocenters. The van der Waals surface area contributed by atoms with Gasteiger partial charge in [0.1, 0.15) is 5.75 Å². The Bertz CT molecular complexity index is 488. The van der Waals surface area contributed by atoms with Crippen LogP contribution in [0.1, 0.15) is 18.4 Å². The first-order valence-electron chi connectivity index (χ1n) is 6.24. The van der Waals surface area contributed by atoms with Crippen molar-refractivity contribution in [3.05, 3.63) is 23.8 Å². The molecule has 6 nitrogen and oxygen atoms in total. The van der Waals surface area contributed by atoms with Gasteiger partial charge >= 0.3 is 6.03 Å². The summed E-state index contributed by atoms with van der Waals surface area (Å²) < 4.78 is 5.58. The molecule has 0 spiro atoms. The van der Waals surface area contributed by atoms with Gasteiger partial charge in [-0.3, -0.25) is 10.1 Å². The monoisotopic (exact) mass is 263 g/mol. The Morgan fingerprint density at radius 2 is 2.26 bits per heavy atom. The number of carbonyl (C=O) groups is 2. The summed E-state index contributed by atoms with van der Waals surface area (Å²) in [6.45, 7) is 1.13. The summed E-state index contributed by atoms with van der Waals surface area (Å²) in [5, 5.41) is 5.30. The zero-order valence-corrected chi connectivity index (χ0v) is 10.6. The van der Waals surface area contributed by atoms with Crippen molar-refractivity contribution in [3.63, 3.8) is 0 Å². The Kier molecular flexibility index (Phi) is 4.22. The molecule has 0 saturated heterocycles. The van der Waals surface area contributed by atoms with Crippen molar-refractivity contribution < 1.29 is 14.3 Å². The number of amides is 3. The maximum Gasteiger partial charge on any atom is 0.318 e. The molecule has 1 aromatic carbocycles. The normalized spacial score (nSPS) is 13.1. The number of nitrogens with two attached hydrogens (primary N) is 1. The number of fused-ring (bicyclic) bond motifs is 1. The summed E-state index contributed by atoms with van der Waals surface area (Å²) in [4.78, 5) is 21.7. The lowest BCUT2D eigenvalue weighted by Crippen LogP contribution is -2.35. The minimum absolute atomic E-state index is 0.0899. The van der Waals surface area contributed by atoms with E-state index in [0.29, 0.717) is 0 Å². The van der Waals surface area contributed by atoms with Crippen LogP contribution in [-0.4, -0.2) is 25.1 Å². The van der Waals surface area contributed by atoms with E-state index >= 15 is 0 Å². The van der Waals surface area contributed by atoms with E-state index in [0.717, 1.165) is 30.8 Å². The van der Waals surface area contributed by atoms with E-state index in [1.165, 1.54) is 5.56 Å². The predicted octanol–water partition coefficient (Wildman–Crippen LogP) is 1.01. The lowest BCUT2D eigenvalue weighted by molar-refractivity contribution is -0.120. The fourth-order valence-electron chi connectivity index (χ4n) is 2.05. The standard InChI is InChI=1S/C13H17N3O3/c14-13(18)16-11(17)6-8-19-10-5-1-3-9-4-2-7-15-12(9)10/h1,3,5,15H,2,4,6-8H2,(H3,14,16,17,18). The summed E-state index contributed by atoms with van der Waals surface area (Å²) in [5.74, 6) is 0.300. The number of primary amides is 1. The zero-order valence-electron chi connectivity index (χ0n) is 10.6. The topological polar surface area (TPSA) is 93.5 Å². The Morgan fingerprint density at radius 3 is 3.05 bits per heavy atom. The second kappa shape index (κ2) is 6.08. The second-order valence-corrected chi connectivity index (χ2v) is 4.33. The van der Waals surface area contributed by atoms with Gasteiger partial charge in [0, 0.05) is 6.54 Å². The molecule has 1 aliphatic heterocycles. The van der Waals surface area contributed by atoms with Crippen LogP contribution >= 0.6 is 0 Å². The van der Waals surface area contributed by atoms with E-state index in [2.05, 4.69) is 11.4 Å². The summed E-state index contributed by atoms with van der Waals surface area (Å²) in [5.41, 5.74) is 7.08. The molecular weight excluding hydrogens is 246 g/mol. The van der Waals surface area contributed by atoms with Gasteiger partial charge in [-0.2, -0.15) is 0 Å². The lowest BCUT2D eigenvalue weighted by atomic mass is 10.0. The van der Waals surface area contributed by atoms with Crippen molar-refractivity contribution in [1.82, 2.24) is 5.32 Å². The van der Waals surface area contributed by atoms with E-state index in [9.17, 15) is 9.59 Å². The predicted molar refractivity (Wildman–Crippen MR) is 71.1 cm³/mol. The van der Waals surface area contributed by atoms with Crippen LogP contribution in [-0.2, 0) is 11.2 Å². The zero-order chi connectivity index (χ0) is 13.7. The summed E-state index contributed by atoms with van der Waals surface area (Å²) in [7, 11) is 0. The third-order valence-corrected chi connectivity index (χ3v) is 2.89. The van der Waals surface area contributed by atoms with E-state index in [1.54, 1.807) is 0 Å². The molecule has 4 N–H and O–H groups in total. The molecule has 1 heterocycles. The molecule has 0 unspecified atom stereocenters. The van der Waals surface area contributed by atoms with Crippen molar-refractivity contribution >= 4 is 17.6 Å². The largest absolute Gasteiger partial charge is 0.491 e. The van der Waals surface area contributed by atoms with Crippen LogP contribution in [0.2, 0.25) is 0 Å². The van der Waals surface area contributed by atoms with Crippen molar-refractivity contribution in [2.75, 3.05) is 18.5 Å². The van der Waals surface area contributed by atoms with Crippen molar-refractivity contribution in [2.24, 2.45) is 5.73 Å². The van der Waals surface area contributed by atoms with Crippen LogP contribution in [0.5, 0.6) is 5.75 Å². The smallest absolute Gasteiger partial charge is 0.318 e. The highest BCUT2D eigenvalue weighted by molar-refractivity contribution is 5.93. The average Bonchev–Trinajstić information content (AvgIpc) is 2.38. The number of imide groups is 1. The van der Waals surface area contributed by atoms with Crippen LogP contribution in [0, 0.1) is 0 Å². The van der Waals surface area contributed by atoms with Crippen molar-refractivity contribution in [3.8, 4) is 5.75 Å².